The van der Waals surface area contributed by atoms with Crippen molar-refractivity contribution < 1.29 is 19.5 Å². The summed E-state index contributed by atoms with van der Waals surface area (Å²) in [5.74, 6) is -1.92. The van der Waals surface area contributed by atoms with Crippen molar-refractivity contribution in [3.8, 4) is 5.88 Å². The normalized spacial score (nSPS) is 15.6. The number of urea groups is 1. The number of barbiturate groups is 1. The fraction of sp³-hybridized carbons (Fsp3) is 0.235. The minimum Gasteiger partial charge on any atom is -0.494 e. The summed E-state index contributed by atoms with van der Waals surface area (Å²) in [7, 11) is 5.15. The number of carbonyl (C=O) groups excluding carboxylic acids is 3. The van der Waals surface area contributed by atoms with E-state index in [-0.39, 0.29) is 11.1 Å². The van der Waals surface area contributed by atoms with Crippen molar-refractivity contribution in [1.29, 1.82) is 0 Å². The Labute approximate surface area is 153 Å². The number of imide groups is 2. The number of hydrogen-bond donors (Lipinski definition) is 1. The Morgan fingerprint density at radius 3 is 1.89 bits per heavy atom. The molecule has 1 aliphatic rings. The Morgan fingerprint density at radius 1 is 0.778 bits per heavy atom. The zero-order valence-corrected chi connectivity index (χ0v) is 15.2. The Balaban J connectivity index is 2.29. The number of rotatable bonds is 3. The molecule has 142 valence electrons. The van der Waals surface area contributed by atoms with Crippen LogP contribution in [0.4, 0.5) is 4.79 Å². The number of carbonyl (C=O) groups is 3. The number of aromatic nitrogens is 2. The van der Waals surface area contributed by atoms with Gasteiger partial charge in [-0.1, -0.05) is 18.2 Å². The lowest BCUT2D eigenvalue weighted by Crippen LogP contribution is -2.52. The van der Waals surface area contributed by atoms with Crippen molar-refractivity contribution in [2.24, 2.45) is 14.1 Å². The second kappa shape index (κ2) is 7.28. The van der Waals surface area contributed by atoms with Gasteiger partial charge in [-0.2, -0.15) is 0 Å². The van der Waals surface area contributed by atoms with Crippen molar-refractivity contribution in [2.45, 2.75) is 0 Å². The number of amides is 4. The van der Waals surface area contributed by atoms with Gasteiger partial charge < -0.3 is 5.11 Å². The van der Waals surface area contributed by atoms with E-state index in [9.17, 15) is 29.1 Å². The summed E-state index contributed by atoms with van der Waals surface area (Å²) < 4.78 is 1.78. The molecule has 0 aromatic carbocycles. The molecule has 2 rings (SSSR count). The van der Waals surface area contributed by atoms with E-state index in [1.807, 2.05) is 0 Å². The molecule has 0 saturated carbocycles. The lowest BCUT2D eigenvalue weighted by Gasteiger charge is -2.28. The predicted octanol–water partition coefficient (Wildman–Crippen LogP) is -0.664. The van der Waals surface area contributed by atoms with Crippen LogP contribution in [0.15, 0.2) is 39.5 Å². The van der Waals surface area contributed by atoms with Crippen LogP contribution < -0.4 is 11.2 Å². The molecule has 0 bridgehead atoms. The van der Waals surface area contributed by atoms with Crippen LogP contribution in [0.1, 0.15) is 5.56 Å². The van der Waals surface area contributed by atoms with Crippen LogP contribution in [-0.4, -0.2) is 56.0 Å². The molecule has 1 aromatic heterocycles. The molecule has 1 N–H and O–H groups in total. The first kappa shape index (κ1) is 19.6. The van der Waals surface area contributed by atoms with Crippen LogP contribution >= 0.6 is 0 Å². The smallest absolute Gasteiger partial charge is 0.333 e. The molecule has 2 heterocycles. The molecule has 0 radical (unpaired) electrons. The highest BCUT2D eigenvalue weighted by Crippen LogP contribution is 2.14. The van der Waals surface area contributed by atoms with E-state index in [2.05, 4.69) is 0 Å². The van der Waals surface area contributed by atoms with Crippen molar-refractivity contribution in [1.82, 2.24) is 18.9 Å². The second-order valence-electron chi connectivity index (χ2n) is 5.78. The number of nitrogens with zero attached hydrogens (tertiary/aromatic N) is 4. The lowest BCUT2D eigenvalue weighted by atomic mass is 10.1. The van der Waals surface area contributed by atoms with E-state index in [0.717, 1.165) is 18.9 Å². The van der Waals surface area contributed by atoms with Crippen LogP contribution in [0, 0.1) is 0 Å². The fourth-order valence-corrected chi connectivity index (χ4v) is 2.37. The Hall–Kier alpha value is -3.69. The van der Waals surface area contributed by atoms with Crippen LogP contribution in [0.2, 0.25) is 0 Å². The summed E-state index contributed by atoms with van der Waals surface area (Å²) in [6.45, 7) is 0. The van der Waals surface area contributed by atoms with E-state index >= 15 is 0 Å². The van der Waals surface area contributed by atoms with Crippen LogP contribution in [0.25, 0.3) is 6.08 Å². The van der Waals surface area contributed by atoms with E-state index in [0.29, 0.717) is 0 Å². The summed E-state index contributed by atoms with van der Waals surface area (Å²) in [5, 5.41) is 9.93. The fourth-order valence-electron chi connectivity index (χ4n) is 2.37. The molecule has 27 heavy (non-hydrogen) atoms. The highest BCUT2D eigenvalue weighted by molar-refractivity contribution is 6.28. The average molecular weight is 374 g/mol. The van der Waals surface area contributed by atoms with Crippen molar-refractivity contribution in [3.05, 3.63) is 56.3 Å². The van der Waals surface area contributed by atoms with Gasteiger partial charge in [0.25, 0.3) is 17.4 Å². The van der Waals surface area contributed by atoms with Gasteiger partial charge in [0, 0.05) is 28.2 Å². The maximum absolute atomic E-state index is 12.0. The zero-order chi connectivity index (χ0) is 20.5. The molecule has 1 saturated heterocycles. The first-order chi connectivity index (χ1) is 12.6. The largest absolute Gasteiger partial charge is 0.494 e. The highest BCUT2D eigenvalue weighted by atomic mass is 16.3. The minimum atomic E-state index is -0.721. The Kier molecular flexibility index (Phi) is 5.29. The van der Waals surface area contributed by atoms with Gasteiger partial charge in [-0.15, -0.1) is 0 Å². The van der Waals surface area contributed by atoms with E-state index in [4.69, 9.17) is 0 Å². The molecule has 1 aliphatic heterocycles. The van der Waals surface area contributed by atoms with Crippen molar-refractivity contribution >= 4 is 23.9 Å². The quantitative estimate of drug-likeness (QED) is 0.426. The Morgan fingerprint density at radius 2 is 1.33 bits per heavy atom. The summed E-state index contributed by atoms with van der Waals surface area (Å²) in [4.78, 5) is 61.0. The van der Waals surface area contributed by atoms with Crippen LogP contribution in [0.5, 0.6) is 5.88 Å². The number of allylic oxidation sites excluding steroid dienone is 4. The van der Waals surface area contributed by atoms with E-state index in [1.54, 1.807) is 0 Å². The second-order valence-corrected chi connectivity index (χ2v) is 5.78. The van der Waals surface area contributed by atoms with E-state index < -0.39 is 35.0 Å². The SMILES string of the molecule is CN1C(=O)C(=CC=CC=Cc2c(O)n(C)c(=O)n(C)c2=O)C(=O)N(C)C1=O. The van der Waals surface area contributed by atoms with Crippen LogP contribution in [-0.2, 0) is 23.7 Å². The molecule has 4 amide bonds. The molecular weight excluding hydrogens is 356 g/mol. The standard InChI is InChI=1S/C17H18N4O6/c1-18-12(22)10(13(23)19(2)16(18)26)8-6-5-7-9-11-14(24)20(3)17(27)21(4)15(11)25/h5-9,22H,1-4H3. The Bertz CT molecular complexity index is 1010. The highest BCUT2D eigenvalue weighted by Gasteiger charge is 2.37. The topological polar surface area (TPSA) is 122 Å². The molecular formula is C17H18N4O6. The molecule has 0 spiro atoms. The van der Waals surface area contributed by atoms with Gasteiger partial charge >= 0.3 is 11.7 Å². The summed E-state index contributed by atoms with van der Waals surface area (Å²) in [6.07, 6.45) is 6.73. The monoisotopic (exact) mass is 374 g/mol. The van der Waals surface area contributed by atoms with Crippen molar-refractivity contribution in [2.75, 3.05) is 14.1 Å². The third-order valence-corrected chi connectivity index (χ3v) is 4.06. The number of likely N-dealkylation sites (N-methyl/N-ethyl adjacent to an activating group) is 2. The van der Waals surface area contributed by atoms with Gasteiger partial charge in [-0.05, 0) is 12.2 Å². The molecule has 1 aromatic rings. The molecule has 0 aliphatic carbocycles. The van der Waals surface area contributed by atoms with E-state index in [1.165, 1.54) is 58.6 Å². The minimum absolute atomic E-state index is 0.0909. The summed E-state index contributed by atoms with van der Waals surface area (Å²) in [5.41, 5.74) is -1.61. The van der Waals surface area contributed by atoms with Crippen LogP contribution in [0.3, 0.4) is 0 Å². The zero-order valence-electron chi connectivity index (χ0n) is 15.2. The molecule has 10 nitrogen and oxygen atoms in total. The first-order valence-electron chi connectivity index (χ1n) is 7.73. The van der Waals surface area contributed by atoms with Gasteiger partial charge in [0.2, 0.25) is 5.88 Å². The third kappa shape index (κ3) is 3.36. The molecule has 0 unspecified atom stereocenters. The average Bonchev–Trinajstić information content (AvgIpc) is 2.66. The predicted molar refractivity (Wildman–Crippen MR) is 95.8 cm³/mol. The summed E-state index contributed by atoms with van der Waals surface area (Å²) >= 11 is 0. The lowest BCUT2D eigenvalue weighted by molar-refractivity contribution is -0.134. The van der Waals surface area contributed by atoms with Gasteiger partial charge in [-0.25, -0.2) is 9.59 Å². The van der Waals surface area contributed by atoms with Gasteiger partial charge in [0.05, 0.1) is 0 Å². The molecule has 10 heteroatoms. The maximum atomic E-state index is 12.0. The third-order valence-electron chi connectivity index (χ3n) is 4.06. The molecule has 0 atom stereocenters. The maximum Gasteiger partial charge on any atom is 0.333 e. The summed E-state index contributed by atoms with van der Waals surface area (Å²) in [6, 6.07) is -0.716. The molecule has 1 fully saturated rings. The van der Waals surface area contributed by atoms with Gasteiger partial charge in [0.1, 0.15) is 11.1 Å². The van der Waals surface area contributed by atoms with Gasteiger partial charge in [-0.3, -0.25) is 33.3 Å². The van der Waals surface area contributed by atoms with Gasteiger partial charge in [0.15, 0.2) is 0 Å². The number of hydrogen-bond acceptors (Lipinski definition) is 6. The first-order valence-corrected chi connectivity index (χ1v) is 7.73. The van der Waals surface area contributed by atoms with Crippen molar-refractivity contribution in [3.63, 3.8) is 0 Å². The number of aromatic hydroxyl groups is 1.